The highest BCUT2D eigenvalue weighted by Crippen LogP contribution is 2.23. The first-order valence-corrected chi connectivity index (χ1v) is 9.97. The van der Waals surface area contributed by atoms with E-state index in [4.69, 9.17) is 4.42 Å². The Hall–Kier alpha value is -3.68. The smallest absolute Gasteiger partial charge is 0.298 e. The molecule has 0 aliphatic carbocycles. The summed E-state index contributed by atoms with van der Waals surface area (Å²) in [6, 6.07) is 15.4. The number of hydrogen-bond donors (Lipinski definition) is 0. The van der Waals surface area contributed by atoms with Gasteiger partial charge in [0, 0.05) is 38.6 Å². The van der Waals surface area contributed by atoms with Gasteiger partial charge in [-0.2, -0.15) is 10.1 Å². The van der Waals surface area contributed by atoms with Crippen molar-refractivity contribution in [1.82, 2.24) is 19.7 Å². The molecule has 152 valence electrons. The fourth-order valence-electron chi connectivity index (χ4n) is 3.91. The second-order valence-corrected chi connectivity index (χ2v) is 7.42. The highest BCUT2D eigenvalue weighted by Gasteiger charge is 2.25. The molecule has 0 atom stereocenters. The first-order valence-electron chi connectivity index (χ1n) is 9.97. The van der Waals surface area contributed by atoms with Gasteiger partial charge in [0.05, 0.1) is 5.39 Å². The molecule has 0 saturated carbocycles. The van der Waals surface area contributed by atoms with Crippen LogP contribution in [0, 0.1) is 0 Å². The zero-order chi connectivity index (χ0) is 20.7. The summed E-state index contributed by atoms with van der Waals surface area (Å²) in [6.45, 7) is 2.49. The van der Waals surface area contributed by atoms with Gasteiger partial charge in [-0.1, -0.05) is 30.3 Å². The van der Waals surface area contributed by atoms with Crippen LogP contribution in [0.3, 0.4) is 0 Å². The summed E-state index contributed by atoms with van der Waals surface area (Å²) in [5, 5.41) is 5.37. The maximum atomic E-state index is 13.3. The maximum absolute atomic E-state index is 13.3. The molecule has 1 fully saturated rings. The second kappa shape index (κ2) is 7.29. The molecule has 0 bridgehead atoms. The fraction of sp³-hybridized carbons (Fsp3) is 0.273. The molecule has 3 heterocycles. The number of fused-ring (bicyclic) bond motifs is 2. The van der Waals surface area contributed by atoms with Crippen molar-refractivity contribution in [2.75, 3.05) is 31.1 Å². The van der Waals surface area contributed by atoms with E-state index in [1.807, 2.05) is 30.3 Å². The summed E-state index contributed by atoms with van der Waals surface area (Å²) in [7, 11) is 1.57. The van der Waals surface area contributed by atoms with E-state index in [2.05, 4.69) is 15.0 Å². The number of oxazole rings is 1. The van der Waals surface area contributed by atoms with Crippen LogP contribution in [0.15, 0.2) is 57.7 Å². The SMILES string of the molecule is Cn1nc(C(=O)N2CCCN(c3nc4ccccc4o3)CC2)c2ccccc2c1=O. The third-order valence-corrected chi connectivity index (χ3v) is 5.50. The number of rotatable bonds is 2. The van der Waals surface area contributed by atoms with Crippen molar-refractivity contribution in [2.45, 2.75) is 6.42 Å². The van der Waals surface area contributed by atoms with Crippen molar-refractivity contribution in [3.05, 3.63) is 64.6 Å². The van der Waals surface area contributed by atoms with Gasteiger partial charge < -0.3 is 14.2 Å². The van der Waals surface area contributed by atoms with Gasteiger partial charge >= 0.3 is 0 Å². The van der Waals surface area contributed by atoms with Crippen LogP contribution in [-0.2, 0) is 7.05 Å². The lowest BCUT2D eigenvalue weighted by Gasteiger charge is -2.21. The highest BCUT2D eigenvalue weighted by molar-refractivity contribution is 6.04. The van der Waals surface area contributed by atoms with Gasteiger partial charge in [0.2, 0.25) is 0 Å². The molecule has 0 radical (unpaired) electrons. The van der Waals surface area contributed by atoms with Crippen LogP contribution >= 0.6 is 0 Å². The minimum absolute atomic E-state index is 0.166. The van der Waals surface area contributed by atoms with E-state index in [1.165, 1.54) is 4.68 Å². The van der Waals surface area contributed by atoms with Crippen LogP contribution in [0.1, 0.15) is 16.9 Å². The summed E-state index contributed by atoms with van der Waals surface area (Å²) in [5.41, 5.74) is 1.68. The van der Waals surface area contributed by atoms with Gasteiger partial charge in [-0.3, -0.25) is 9.59 Å². The monoisotopic (exact) mass is 403 g/mol. The summed E-state index contributed by atoms with van der Waals surface area (Å²) >= 11 is 0. The Morgan fingerprint density at radius 3 is 2.57 bits per heavy atom. The lowest BCUT2D eigenvalue weighted by molar-refractivity contribution is 0.0760. The Kier molecular flexibility index (Phi) is 4.46. The van der Waals surface area contributed by atoms with Crippen LogP contribution in [0.25, 0.3) is 21.9 Å². The predicted molar refractivity (Wildman–Crippen MR) is 114 cm³/mol. The molecule has 1 amide bonds. The number of hydrogen-bond acceptors (Lipinski definition) is 6. The third-order valence-electron chi connectivity index (χ3n) is 5.50. The Labute approximate surface area is 172 Å². The number of nitrogens with zero attached hydrogens (tertiary/aromatic N) is 5. The van der Waals surface area contributed by atoms with Crippen LogP contribution < -0.4 is 10.5 Å². The fourth-order valence-corrected chi connectivity index (χ4v) is 3.91. The van der Waals surface area contributed by atoms with Gasteiger partial charge in [0.25, 0.3) is 17.5 Å². The molecule has 8 nitrogen and oxygen atoms in total. The van der Waals surface area contributed by atoms with E-state index >= 15 is 0 Å². The van der Waals surface area contributed by atoms with Gasteiger partial charge in [-0.15, -0.1) is 0 Å². The first-order chi connectivity index (χ1) is 14.6. The number of para-hydroxylation sites is 2. The molecule has 2 aromatic heterocycles. The third kappa shape index (κ3) is 3.10. The molecule has 30 heavy (non-hydrogen) atoms. The number of carbonyl (C=O) groups is 1. The first kappa shape index (κ1) is 18.4. The molecule has 1 saturated heterocycles. The summed E-state index contributed by atoms with van der Waals surface area (Å²) < 4.78 is 7.13. The molecular weight excluding hydrogens is 382 g/mol. The molecule has 4 aromatic rings. The summed E-state index contributed by atoms with van der Waals surface area (Å²) in [5.74, 6) is -0.166. The normalized spacial score (nSPS) is 15.0. The van der Waals surface area contributed by atoms with Gasteiger partial charge in [-0.25, -0.2) is 4.68 Å². The van der Waals surface area contributed by atoms with E-state index in [9.17, 15) is 9.59 Å². The van der Waals surface area contributed by atoms with E-state index < -0.39 is 0 Å². The Morgan fingerprint density at radius 1 is 0.967 bits per heavy atom. The molecular formula is C22H21N5O3. The van der Waals surface area contributed by atoms with Gasteiger partial charge in [0.15, 0.2) is 11.3 Å². The standard InChI is InChI=1S/C22H21N5O3/c1-25-20(28)16-8-3-2-7-15(16)19(24-25)21(29)26-11-6-12-27(14-13-26)22-23-17-9-4-5-10-18(17)30-22/h2-5,7-10H,6,11-14H2,1H3. The average Bonchev–Trinajstić information content (AvgIpc) is 3.05. The van der Waals surface area contributed by atoms with Crippen LogP contribution in [0.2, 0.25) is 0 Å². The molecule has 8 heteroatoms. The van der Waals surface area contributed by atoms with Crippen molar-refractivity contribution >= 4 is 33.8 Å². The van der Waals surface area contributed by atoms with Gasteiger partial charge in [-0.05, 0) is 24.6 Å². The number of aryl methyl sites for hydroxylation is 1. The quantitative estimate of drug-likeness (QED) is 0.511. The Morgan fingerprint density at radius 2 is 1.73 bits per heavy atom. The number of carbonyl (C=O) groups excluding carboxylic acids is 1. The number of aromatic nitrogens is 3. The molecule has 0 N–H and O–H groups in total. The molecule has 5 rings (SSSR count). The molecule has 1 aliphatic heterocycles. The Bertz CT molecular complexity index is 1280. The molecule has 0 spiro atoms. The largest absolute Gasteiger partial charge is 0.423 e. The number of benzene rings is 2. The van der Waals surface area contributed by atoms with Crippen LogP contribution in [0.4, 0.5) is 6.01 Å². The van der Waals surface area contributed by atoms with E-state index in [1.54, 1.807) is 30.1 Å². The number of anilines is 1. The summed E-state index contributed by atoms with van der Waals surface area (Å²) in [4.78, 5) is 34.1. The van der Waals surface area contributed by atoms with Crippen molar-refractivity contribution in [1.29, 1.82) is 0 Å². The van der Waals surface area contributed by atoms with Crippen molar-refractivity contribution < 1.29 is 9.21 Å². The van der Waals surface area contributed by atoms with Crippen molar-refractivity contribution in [3.8, 4) is 0 Å². The zero-order valence-corrected chi connectivity index (χ0v) is 16.6. The Balaban J connectivity index is 1.41. The predicted octanol–water partition coefficient (Wildman–Crippen LogP) is 2.43. The minimum Gasteiger partial charge on any atom is -0.423 e. The molecule has 2 aromatic carbocycles. The van der Waals surface area contributed by atoms with Crippen LogP contribution in [-0.4, -0.2) is 51.8 Å². The molecule has 0 unspecified atom stereocenters. The second-order valence-electron chi connectivity index (χ2n) is 7.42. The lowest BCUT2D eigenvalue weighted by atomic mass is 10.1. The maximum Gasteiger partial charge on any atom is 0.298 e. The van der Waals surface area contributed by atoms with E-state index in [0.717, 1.165) is 24.1 Å². The number of amides is 1. The topological polar surface area (TPSA) is 84.5 Å². The molecule has 1 aliphatic rings. The van der Waals surface area contributed by atoms with Crippen LogP contribution in [0.5, 0.6) is 0 Å². The van der Waals surface area contributed by atoms with E-state index in [0.29, 0.717) is 42.1 Å². The summed E-state index contributed by atoms with van der Waals surface area (Å²) in [6.07, 6.45) is 0.786. The minimum atomic E-state index is -0.208. The lowest BCUT2D eigenvalue weighted by Crippen LogP contribution is -2.37. The highest BCUT2D eigenvalue weighted by atomic mass is 16.4. The zero-order valence-electron chi connectivity index (χ0n) is 16.6. The average molecular weight is 403 g/mol. The van der Waals surface area contributed by atoms with Gasteiger partial charge in [0.1, 0.15) is 5.52 Å². The van der Waals surface area contributed by atoms with Crippen molar-refractivity contribution in [3.63, 3.8) is 0 Å². The van der Waals surface area contributed by atoms with E-state index in [-0.39, 0.29) is 11.5 Å². The van der Waals surface area contributed by atoms with Crippen molar-refractivity contribution in [2.24, 2.45) is 7.05 Å².